The SMILES string of the molecule is COC[C@@H]1CN(C(=O)OC(C)(C)C)[C@@H](C)CN1C(c1ccc(F)cc1)c1ccc(F)cc1. The summed E-state index contributed by atoms with van der Waals surface area (Å²) in [5, 5.41) is 0. The molecule has 1 aliphatic rings. The first-order chi connectivity index (χ1) is 15.1. The van der Waals surface area contributed by atoms with E-state index >= 15 is 0 Å². The Morgan fingerprint density at radius 2 is 1.50 bits per heavy atom. The van der Waals surface area contributed by atoms with Crippen molar-refractivity contribution in [2.75, 3.05) is 26.8 Å². The average molecular weight is 447 g/mol. The number of nitrogens with zero attached hydrogens (tertiary/aromatic N) is 2. The van der Waals surface area contributed by atoms with E-state index < -0.39 is 5.60 Å². The minimum Gasteiger partial charge on any atom is -0.444 e. The summed E-state index contributed by atoms with van der Waals surface area (Å²) in [6.45, 7) is 8.87. The molecule has 1 fully saturated rings. The Balaban J connectivity index is 1.96. The molecule has 0 saturated carbocycles. The summed E-state index contributed by atoms with van der Waals surface area (Å²) in [6, 6.07) is 12.2. The number of hydrogen-bond acceptors (Lipinski definition) is 4. The van der Waals surface area contributed by atoms with Crippen molar-refractivity contribution in [3.63, 3.8) is 0 Å². The zero-order valence-corrected chi connectivity index (χ0v) is 19.3. The van der Waals surface area contributed by atoms with Crippen LogP contribution in [-0.2, 0) is 9.47 Å². The van der Waals surface area contributed by atoms with Crippen molar-refractivity contribution in [3.8, 4) is 0 Å². The highest BCUT2D eigenvalue weighted by Gasteiger charge is 2.40. The fraction of sp³-hybridized carbons (Fsp3) is 0.480. The van der Waals surface area contributed by atoms with Crippen LogP contribution in [0.25, 0.3) is 0 Å². The van der Waals surface area contributed by atoms with Crippen LogP contribution >= 0.6 is 0 Å². The molecule has 7 heteroatoms. The molecule has 2 atom stereocenters. The quantitative estimate of drug-likeness (QED) is 0.648. The second kappa shape index (κ2) is 9.96. The van der Waals surface area contributed by atoms with Gasteiger partial charge < -0.3 is 14.4 Å². The van der Waals surface area contributed by atoms with Crippen molar-refractivity contribution in [1.29, 1.82) is 0 Å². The molecule has 1 heterocycles. The minimum absolute atomic E-state index is 0.124. The van der Waals surface area contributed by atoms with E-state index in [9.17, 15) is 13.6 Å². The maximum Gasteiger partial charge on any atom is 0.410 e. The lowest BCUT2D eigenvalue weighted by molar-refractivity contribution is -0.0347. The highest BCUT2D eigenvalue weighted by molar-refractivity contribution is 5.68. The molecule has 2 aromatic rings. The normalized spacial score (nSPS) is 19.9. The highest BCUT2D eigenvalue weighted by Crippen LogP contribution is 2.34. The van der Waals surface area contributed by atoms with Crippen LogP contribution in [0.15, 0.2) is 48.5 Å². The topological polar surface area (TPSA) is 42.0 Å². The van der Waals surface area contributed by atoms with Gasteiger partial charge in [0.15, 0.2) is 0 Å². The lowest BCUT2D eigenvalue weighted by Gasteiger charge is -2.48. The largest absolute Gasteiger partial charge is 0.444 e. The fourth-order valence-corrected chi connectivity index (χ4v) is 4.16. The van der Waals surface area contributed by atoms with Gasteiger partial charge in [0.1, 0.15) is 17.2 Å². The molecule has 5 nitrogen and oxygen atoms in total. The molecule has 0 bridgehead atoms. The van der Waals surface area contributed by atoms with Gasteiger partial charge in [-0.05, 0) is 63.1 Å². The second-order valence-corrected chi connectivity index (χ2v) is 9.29. The molecule has 174 valence electrons. The summed E-state index contributed by atoms with van der Waals surface area (Å²) < 4.78 is 38.4. The van der Waals surface area contributed by atoms with Crippen LogP contribution in [0.3, 0.4) is 0 Å². The zero-order valence-electron chi connectivity index (χ0n) is 19.3. The Kier molecular flexibility index (Phi) is 7.51. The number of halogens is 2. The van der Waals surface area contributed by atoms with Crippen LogP contribution in [0, 0.1) is 11.6 Å². The summed E-state index contributed by atoms with van der Waals surface area (Å²) in [5.41, 5.74) is 1.18. The van der Waals surface area contributed by atoms with Gasteiger partial charge in [0.25, 0.3) is 0 Å². The molecule has 2 aromatic carbocycles. The molecule has 0 aromatic heterocycles. The first kappa shape index (κ1) is 24.1. The standard InChI is InChI=1S/C25H32F2N2O3/c1-17-14-29(22(16-31-5)15-28(17)24(30)32-25(2,3)4)23(18-6-10-20(26)11-7-18)19-8-12-21(27)13-9-19/h6-13,17,22-23H,14-16H2,1-5H3/t17-,22-/m0/s1. The number of methoxy groups -OCH3 is 1. The number of hydrogen-bond donors (Lipinski definition) is 0. The van der Waals surface area contributed by atoms with E-state index in [2.05, 4.69) is 4.90 Å². The van der Waals surface area contributed by atoms with Gasteiger partial charge >= 0.3 is 6.09 Å². The second-order valence-electron chi connectivity index (χ2n) is 9.29. The molecule has 0 N–H and O–H groups in total. The molecule has 0 unspecified atom stereocenters. The Bertz CT molecular complexity index is 851. The smallest absolute Gasteiger partial charge is 0.410 e. The minimum atomic E-state index is -0.588. The predicted molar refractivity (Wildman–Crippen MR) is 119 cm³/mol. The van der Waals surface area contributed by atoms with Gasteiger partial charge in [0.05, 0.1) is 18.7 Å². The van der Waals surface area contributed by atoms with Crippen molar-refractivity contribution >= 4 is 6.09 Å². The summed E-state index contributed by atoms with van der Waals surface area (Å²) in [5.74, 6) is -0.633. The van der Waals surface area contributed by atoms with Gasteiger partial charge in [0.2, 0.25) is 0 Å². The van der Waals surface area contributed by atoms with Crippen molar-refractivity contribution in [2.45, 2.75) is 51.4 Å². The molecule has 3 rings (SSSR count). The van der Waals surface area contributed by atoms with Gasteiger partial charge in [-0.3, -0.25) is 4.90 Å². The van der Waals surface area contributed by atoms with Crippen LogP contribution in [-0.4, -0.2) is 60.4 Å². The summed E-state index contributed by atoms with van der Waals surface area (Å²) in [7, 11) is 1.62. The number of rotatable bonds is 5. The summed E-state index contributed by atoms with van der Waals surface area (Å²) in [4.78, 5) is 16.8. The molecule has 1 saturated heterocycles. The van der Waals surface area contributed by atoms with Crippen molar-refractivity contribution in [1.82, 2.24) is 9.80 Å². The third kappa shape index (κ3) is 5.84. The third-order valence-corrected chi connectivity index (χ3v) is 5.57. The van der Waals surface area contributed by atoms with Gasteiger partial charge in [-0.1, -0.05) is 24.3 Å². The molecular formula is C25H32F2N2O3. The number of amides is 1. The Morgan fingerprint density at radius 1 is 1.00 bits per heavy atom. The maximum absolute atomic E-state index is 13.6. The third-order valence-electron chi connectivity index (χ3n) is 5.57. The van der Waals surface area contributed by atoms with Gasteiger partial charge in [0, 0.05) is 26.2 Å². The summed E-state index contributed by atoms with van der Waals surface area (Å²) >= 11 is 0. The molecular weight excluding hydrogens is 414 g/mol. The van der Waals surface area contributed by atoms with E-state index in [0.29, 0.717) is 19.7 Å². The monoisotopic (exact) mass is 446 g/mol. The lowest BCUT2D eigenvalue weighted by atomic mass is 9.93. The Morgan fingerprint density at radius 3 is 1.94 bits per heavy atom. The number of carbonyl (C=O) groups excluding carboxylic acids is 1. The van der Waals surface area contributed by atoms with Gasteiger partial charge in [-0.15, -0.1) is 0 Å². The van der Waals surface area contributed by atoms with E-state index in [1.807, 2.05) is 27.7 Å². The molecule has 1 amide bonds. The number of benzene rings is 2. The molecule has 0 spiro atoms. The number of carbonyl (C=O) groups is 1. The van der Waals surface area contributed by atoms with Crippen molar-refractivity contribution < 1.29 is 23.0 Å². The van der Waals surface area contributed by atoms with E-state index in [-0.39, 0.29) is 35.9 Å². The average Bonchev–Trinajstić information content (AvgIpc) is 2.71. The van der Waals surface area contributed by atoms with Crippen LogP contribution in [0.2, 0.25) is 0 Å². The fourth-order valence-electron chi connectivity index (χ4n) is 4.16. The van der Waals surface area contributed by atoms with Crippen LogP contribution in [0.5, 0.6) is 0 Å². The highest BCUT2D eigenvalue weighted by atomic mass is 19.1. The van der Waals surface area contributed by atoms with E-state index in [1.165, 1.54) is 24.3 Å². The first-order valence-electron chi connectivity index (χ1n) is 10.8. The van der Waals surface area contributed by atoms with E-state index in [4.69, 9.17) is 9.47 Å². The van der Waals surface area contributed by atoms with E-state index in [1.54, 1.807) is 36.3 Å². The van der Waals surface area contributed by atoms with Gasteiger partial charge in [-0.25, -0.2) is 13.6 Å². The number of piperazine rings is 1. The van der Waals surface area contributed by atoms with Crippen molar-refractivity contribution in [2.24, 2.45) is 0 Å². The zero-order chi connectivity index (χ0) is 23.5. The molecule has 0 radical (unpaired) electrons. The molecule has 1 aliphatic heterocycles. The number of ether oxygens (including phenoxy) is 2. The summed E-state index contributed by atoms with van der Waals surface area (Å²) in [6.07, 6.45) is -0.356. The van der Waals surface area contributed by atoms with E-state index in [0.717, 1.165) is 11.1 Å². The Hall–Kier alpha value is -2.51. The molecule has 0 aliphatic carbocycles. The Labute approximate surface area is 188 Å². The van der Waals surface area contributed by atoms with Crippen LogP contribution in [0.4, 0.5) is 13.6 Å². The predicted octanol–water partition coefficient (Wildman–Crippen LogP) is 5.01. The van der Waals surface area contributed by atoms with Crippen LogP contribution in [0.1, 0.15) is 44.9 Å². The molecule has 32 heavy (non-hydrogen) atoms. The first-order valence-corrected chi connectivity index (χ1v) is 10.8. The lowest BCUT2D eigenvalue weighted by Crippen LogP contribution is -2.61. The van der Waals surface area contributed by atoms with Crippen molar-refractivity contribution in [3.05, 3.63) is 71.3 Å². The van der Waals surface area contributed by atoms with Crippen LogP contribution < -0.4 is 0 Å². The van der Waals surface area contributed by atoms with Gasteiger partial charge in [-0.2, -0.15) is 0 Å². The maximum atomic E-state index is 13.6.